The number of nitrogens with zero attached hydrogens (tertiary/aromatic N) is 5. The second-order valence-electron chi connectivity index (χ2n) is 10.2. The Kier molecular flexibility index (Phi) is 6.83. The molecule has 4 aromatic heterocycles. The molecule has 1 atom stereocenters. The number of rotatable bonds is 9. The van der Waals surface area contributed by atoms with Crippen molar-refractivity contribution in [1.29, 1.82) is 0 Å². The topological polar surface area (TPSA) is 92.8 Å². The van der Waals surface area contributed by atoms with E-state index in [4.69, 9.17) is 4.42 Å². The number of furan rings is 1. The molecule has 4 heterocycles. The zero-order chi connectivity index (χ0) is 26.2. The predicted molar refractivity (Wildman–Crippen MR) is 146 cm³/mol. The van der Waals surface area contributed by atoms with E-state index in [1.807, 2.05) is 41.9 Å². The van der Waals surface area contributed by atoms with Crippen LogP contribution < -0.4 is 5.56 Å². The fraction of sp³-hybridized carbons (Fsp3) is 0.357. The van der Waals surface area contributed by atoms with E-state index in [1.54, 1.807) is 17.6 Å². The van der Waals surface area contributed by atoms with Crippen molar-refractivity contribution < 1.29 is 4.42 Å². The molecule has 0 radical (unpaired) electrons. The first-order chi connectivity index (χ1) is 17.8. The van der Waals surface area contributed by atoms with Gasteiger partial charge in [-0.25, -0.2) is 4.68 Å². The lowest BCUT2D eigenvalue weighted by molar-refractivity contribution is 0.169. The Labute approximate surface area is 219 Å². The molecule has 1 aromatic carbocycles. The molecule has 0 unspecified atom stereocenters. The van der Waals surface area contributed by atoms with Gasteiger partial charge in [-0.05, 0) is 91.4 Å². The number of hydrogen-bond acceptors (Lipinski definition) is 7. The van der Waals surface area contributed by atoms with Gasteiger partial charge in [0.05, 0.1) is 18.3 Å². The van der Waals surface area contributed by atoms with E-state index in [0.29, 0.717) is 24.5 Å². The van der Waals surface area contributed by atoms with E-state index < -0.39 is 6.04 Å². The Balaban J connectivity index is 1.75. The van der Waals surface area contributed by atoms with Gasteiger partial charge in [0.1, 0.15) is 11.8 Å². The Bertz CT molecular complexity index is 1510. The number of fused-ring (bicyclic) bond motifs is 1. The molecule has 0 spiro atoms. The SMILES string of the molecule is CCC(C)(C)n1nnnc1[C@H](c1cc2c(C)cc(C)cc2[nH]c1=O)N(Cc1ccco1)Cc1cccs1. The molecule has 0 saturated carbocycles. The average Bonchev–Trinajstić information content (AvgIpc) is 3.63. The summed E-state index contributed by atoms with van der Waals surface area (Å²) in [6.45, 7) is 11.5. The molecule has 0 amide bonds. The Morgan fingerprint density at radius 1 is 1.16 bits per heavy atom. The van der Waals surface area contributed by atoms with Crippen LogP contribution in [0.2, 0.25) is 0 Å². The summed E-state index contributed by atoms with van der Waals surface area (Å²) in [6, 6.07) is 13.6. The fourth-order valence-corrected chi connectivity index (χ4v) is 5.51. The molecule has 1 N–H and O–H groups in total. The van der Waals surface area contributed by atoms with Crippen LogP contribution >= 0.6 is 11.3 Å². The monoisotopic (exact) mass is 516 g/mol. The number of pyridine rings is 1. The first-order valence-electron chi connectivity index (χ1n) is 12.5. The highest BCUT2D eigenvalue weighted by Crippen LogP contribution is 2.34. The number of H-pyrrole nitrogens is 1. The molecule has 5 aromatic rings. The highest BCUT2D eigenvalue weighted by molar-refractivity contribution is 7.09. The van der Waals surface area contributed by atoms with Gasteiger partial charge in [0.15, 0.2) is 5.82 Å². The number of benzene rings is 1. The van der Waals surface area contributed by atoms with Crippen molar-refractivity contribution >= 4 is 22.2 Å². The van der Waals surface area contributed by atoms with Crippen molar-refractivity contribution in [2.45, 2.75) is 65.7 Å². The van der Waals surface area contributed by atoms with Gasteiger partial charge in [-0.3, -0.25) is 9.69 Å². The van der Waals surface area contributed by atoms with Crippen LogP contribution in [0.4, 0.5) is 0 Å². The zero-order valence-corrected chi connectivity index (χ0v) is 22.7. The van der Waals surface area contributed by atoms with Gasteiger partial charge in [-0.15, -0.1) is 16.4 Å². The first kappa shape index (κ1) is 25.1. The van der Waals surface area contributed by atoms with Crippen LogP contribution in [-0.2, 0) is 18.6 Å². The summed E-state index contributed by atoms with van der Waals surface area (Å²) in [4.78, 5) is 20.3. The van der Waals surface area contributed by atoms with Crippen LogP contribution in [0.1, 0.15) is 66.4 Å². The molecule has 0 aliphatic carbocycles. The second kappa shape index (κ2) is 10.1. The average molecular weight is 517 g/mol. The molecule has 0 aliphatic rings. The number of aromatic amines is 1. The summed E-state index contributed by atoms with van der Waals surface area (Å²) in [7, 11) is 0. The van der Waals surface area contributed by atoms with E-state index in [1.165, 1.54) is 4.88 Å². The normalized spacial score (nSPS) is 13.0. The van der Waals surface area contributed by atoms with E-state index in [2.05, 4.69) is 70.6 Å². The van der Waals surface area contributed by atoms with Crippen molar-refractivity contribution in [1.82, 2.24) is 30.1 Å². The number of tetrazole rings is 1. The third kappa shape index (κ3) is 5.01. The predicted octanol–water partition coefficient (Wildman–Crippen LogP) is 5.72. The molecular weight excluding hydrogens is 484 g/mol. The second-order valence-corrected chi connectivity index (χ2v) is 11.2. The Morgan fingerprint density at radius 2 is 2.00 bits per heavy atom. The maximum atomic E-state index is 13.8. The molecule has 192 valence electrons. The lowest BCUT2D eigenvalue weighted by atomic mass is 9.97. The number of aromatic nitrogens is 5. The van der Waals surface area contributed by atoms with Gasteiger partial charge in [0.2, 0.25) is 0 Å². The molecule has 0 aliphatic heterocycles. The van der Waals surface area contributed by atoms with Crippen LogP contribution in [-0.4, -0.2) is 30.1 Å². The maximum absolute atomic E-state index is 13.8. The van der Waals surface area contributed by atoms with Crippen molar-refractivity contribution in [3.63, 3.8) is 0 Å². The molecular formula is C28H32N6O2S. The third-order valence-corrected chi connectivity index (χ3v) is 7.92. The molecule has 0 bridgehead atoms. The van der Waals surface area contributed by atoms with Crippen LogP contribution in [0.3, 0.4) is 0 Å². The molecule has 37 heavy (non-hydrogen) atoms. The number of thiophene rings is 1. The zero-order valence-electron chi connectivity index (χ0n) is 21.9. The molecule has 8 nitrogen and oxygen atoms in total. The molecule has 0 fully saturated rings. The van der Waals surface area contributed by atoms with Crippen LogP contribution in [0, 0.1) is 13.8 Å². The highest BCUT2D eigenvalue weighted by atomic mass is 32.1. The summed E-state index contributed by atoms with van der Waals surface area (Å²) >= 11 is 1.68. The molecule has 9 heteroatoms. The van der Waals surface area contributed by atoms with Crippen LogP contribution in [0.5, 0.6) is 0 Å². The minimum atomic E-state index is -0.512. The Hall–Kier alpha value is -3.56. The van der Waals surface area contributed by atoms with E-state index in [9.17, 15) is 4.79 Å². The highest BCUT2D eigenvalue weighted by Gasteiger charge is 2.35. The smallest absolute Gasteiger partial charge is 0.253 e. The van der Waals surface area contributed by atoms with Crippen molar-refractivity contribution in [2.24, 2.45) is 0 Å². The largest absolute Gasteiger partial charge is 0.468 e. The van der Waals surface area contributed by atoms with E-state index >= 15 is 0 Å². The van der Waals surface area contributed by atoms with Crippen LogP contribution in [0.25, 0.3) is 10.9 Å². The lowest BCUT2D eigenvalue weighted by Gasteiger charge is -2.33. The van der Waals surface area contributed by atoms with Crippen molar-refractivity contribution in [3.8, 4) is 0 Å². The van der Waals surface area contributed by atoms with Gasteiger partial charge < -0.3 is 9.40 Å². The van der Waals surface area contributed by atoms with Gasteiger partial charge in [0, 0.05) is 27.9 Å². The third-order valence-electron chi connectivity index (χ3n) is 7.06. The van der Waals surface area contributed by atoms with E-state index in [0.717, 1.165) is 34.2 Å². The van der Waals surface area contributed by atoms with Gasteiger partial charge in [-0.2, -0.15) is 0 Å². The summed E-state index contributed by atoms with van der Waals surface area (Å²) in [5.74, 6) is 1.43. The summed E-state index contributed by atoms with van der Waals surface area (Å²) < 4.78 is 7.62. The number of aryl methyl sites for hydroxylation is 2. The first-order valence-corrected chi connectivity index (χ1v) is 13.4. The summed E-state index contributed by atoms with van der Waals surface area (Å²) in [6.07, 6.45) is 2.50. The summed E-state index contributed by atoms with van der Waals surface area (Å²) in [5, 5.41) is 16.1. The van der Waals surface area contributed by atoms with Gasteiger partial charge in [-0.1, -0.05) is 19.1 Å². The summed E-state index contributed by atoms with van der Waals surface area (Å²) in [5.41, 5.74) is 3.15. The fourth-order valence-electron chi connectivity index (χ4n) is 4.78. The van der Waals surface area contributed by atoms with E-state index in [-0.39, 0.29) is 11.1 Å². The molecule has 0 saturated heterocycles. The van der Waals surface area contributed by atoms with Crippen LogP contribution in [0.15, 0.2) is 63.3 Å². The van der Waals surface area contributed by atoms with Gasteiger partial charge >= 0.3 is 0 Å². The minimum absolute atomic E-state index is 0.151. The van der Waals surface area contributed by atoms with Crippen molar-refractivity contribution in [2.75, 3.05) is 0 Å². The molecule has 5 rings (SSSR count). The number of nitrogens with one attached hydrogen (secondary N) is 1. The van der Waals surface area contributed by atoms with Gasteiger partial charge in [0.25, 0.3) is 5.56 Å². The lowest BCUT2D eigenvalue weighted by Crippen LogP contribution is -2.37. The maximum Gasteiger partial charge on any atom is 0.253 e. The standard InChI is InChI=1S/C28H32N6O2S/c1-6-28(4,5)34-26(30-31-32-34)25(23-15-22-19(3)13-18(2)14-24(22)29-27(23)35)33(16-20-9-7-11-36-20)17-21-10-8-12-37-21/h7-15,25H,6,16-17H2,1-5H3,(H,29,35)/t25-/m0/s1. The van der Waals surface area contributed by atoms with Crippen molar-refractivity contribution in [3.05, 3.63) is 97.6 Å². The Morgan fingerprint density at radius 3 is 2.70 bits per heavy atom. The minimum Gasteiger partial charge on any atom is -0.468 e. The quantitative estimate of drug-likeness (QED) is 0.269. The number of hydrogen-bond donors (Lipinski definition) is 1.